The zero-order valence-corrected chi connectivity index (χ0v) is 17.9. The number of nitrogens with zero attached hydrogens (tertiary/aromatic N) is 5. The van der Waals surface area contributed by atoms with E-state index in [0.717, 1.165) is 5.56 Å². The maximum Gasteiger partial charge on any atom is 0.413 e. The molecule has 0 aliphatic carbocycles. The van der Waals surface area contributed by atoms with E-state index in [2.05, 4.69) is 31.0 Å². The number of nitrogens with one attached hydrogen (secondary N) is 2. The smallest absolute Gasteiger partial charge is 0.413 e. The first-order valence-corrected chi connectivity index (χ1v) is 9.74. The van der Waals surface area contributed by atoms with Crippen LogP contribution in [0.3, 0.4) is 0 Å². The Morgan fingerprint density at radius 1 is 1.10 bits per heavy atom. The van der Waals surface area contributed by atoms with E-state index in [1.54, 1.807) is 46.0 Å². The van der Waals surface area contributed by atoms with Crippen LogP contribution in [0.5, 0.6) is 0 Å². The van der Waals surface area contributed by atoms with Crippen LogP contribution in [0.25, 0.3) is 0 Å². The lowest BCUT2D eigenvalue weighted by molar-refractivity contribution is -0.122. The fourth-order valence-corrected chi connectivity index (χ4v) is 2.81. The molecule has 3 rings (SSSR count). The van der Waals surface area contributed by atoms with Gasteiger partial charge in [0.1, 0.15) is 17.3 Å². The van der Waals surface area contributed by atoms with Crippen molar-refractivity contribution in [2.45, 2.75) is 38.8 Å². The number of ether oxygens (including phenoxy) is 1. The van der Waals surface area contributed by atoms with Gasteiger partial charge in [-0.2, -0.15) is 4.80 Å². The van der Waals surface area contributed by atoms with Crippen LogP contribution in [0.15, 0.2) is 48.5 Å². The summed E-state index contributed by atoms with van der Waals surface area (Å²) in [4.78, 5) is 30.6. The van der Waals surface area contributed by atoms with Crippen LogP contribution < -0.4 is 10.6 Å². The molecule has 0 spiro atoms. The highest BCUT2D eigenvalue weighted by Gasteiger charge is 2.27. The largest absolute Gasteiger partial charge is 0.444 e. The van der Waals surface area contributed by atoms with Crippen LogP contribution in [0.2, 0.25) is 0 Å². The van der Waals surface area contributed by atoms with E-state index in [0.29, 0.717) is 17.3 Å². The van der Waals surface area contributed by atoms with E-state index >= 15 is 0 Å². The Morgan fingerprint density at radius 2 is 1.84 bits per heavy atom. The van der Waals surface area contributed by atoms with Crippen LogP contribution in [-0.4, -0.2) is 42.8 Å². The topological polar surface area (TPSA) is 124 Å². The van der Waals surface area contributed by atoms with Crippen molar-refractivity contribution >= 4 is 17.8 Å². The van der Waals surface area contributed by atoms with E-state index in [4.69, 9.17) is 4.74 Å². The average molecular weight is 423 g/mol. The molecule has 0 radical (unpaired) electrons. The third kappa shape index (κ3) is 6.33. The number of hydrogen-bond acceptors (Lipinski definition) is 7. The van der Waals surface area contributed by atoms with E-state index < -0.39 is 17.6 Å². The molecule has 1 atom stereocenters. The summed E-state index contributed by atoms with van der Waals surface area (Å²) in [6, 6.07) is 14.4. The number of carbonyl (C=O) groups excluding carboxylic acids is 2. The molecule has 2 amide bonds. The van der Waals surface area contributed by atoms with Crippen molar-refractivity contribution in [2.24, 2.45) is 7.05 Å². The van der Waals surface area contributed by atoms with Crippen molar-refractivity contribution in [1.29, 1.82) is 0 Å². The monoisotopic (exact) mass is 423 g/mol. The third-order valence-corrected chi connectivity index (χ3v) is 4.06. The normalized spacial score (nSPS) is 12.1. The molecule has 2 aromatic heterocycles. The highest BCUT2D eigenvalue weighted by molar-refractivity contribution is 5.86. The molecule has 0 aliphatic rings. The molecule has 10 nitrogen and oxygen atoms in total. The molecule has 3 aromatic rings. The zero-order valence-electron chi connectivity index (χ0n) is 17.9. The van der Waals surface area contributed by atoms with Gasteiger partial charge in [-0.05, 0) is 43.7 Å². The Balaban J connectivity index is 1.69. The molecule has 2 heterocycles. The molecule has 0 saturated heterocycles. The Labute approximate surface area is 180 Å². The van der Waals surface area contributed by atoms with E-state index in [1.165, 1.54) is 4.80 Å². The fraction of sp³-hybridized carbons (Fsp3) is 0.333. The van der Waals surface area contributed by atoms with E-state index in [-0.39, 0.29) is 12.5 Å². The van der Waals surface area contributed by atoms with E-state index in [9.17, 15) is 9.59 Å². The Hall–Kier alpha value is -3.82. The van der Waals surface area contributed by atoms with Gasteiger partial charge in [0.25, 0.3) is 0 Å². The van der Waals surface area contributed by atoms with Crippen LogP contribution in [0.1, 0.15) is 43.8 Å². The quantitative estimate of drug-likeness (QED) is 0.624. The molecular formula is C21H25N7O3. The first-order chi connectivity index (χ1) is 14.7. The van der Waals surface area contributed by atoms with Gasteiger partial charge < -0.3 is 10.1 Å². The second-order valence-electron chi connectivity index (χ2n) is 7.84. The molecule has 0 fully saturated rings. The van der Waals surface area contributed by atoms with Gasteiger partial charge in [-0.1, -0.05) is 36.4 Å². The second-order valence-corrected chi connectivity index (χ2v) is 7.84. The molecule has 162 valence electrons. The molecule has 2 N–H and O–H groups in total. The number of carbonyl (C=O) groups is 2. The van der Waals surface area contributed by atoms with Crippen molar-refractivity contribution in [2.75, 3.05) is 5.32 Å². The van der Waals surface area contributed by atoms with Crippen LogP contribution >= 0.6 is 0 Å². The highest BCUT2D eigenvalue weighted by atomic mass is 16.6. The molecule has 31 heavy (non-hydrogen) atoms. The van der Waals surface area contributed by atoms with Gasteiger partial charge in [-0.15, -0.1) is 10.2 Å². The Morgan fingerprint density at radius 3 is 2.48 bits per heavy atom. The SMILES string of the molecule is Cn1nnc(C(C(=O)NCc2cccc(NC(=O)OC(C)(C)C)n2)c2ccccc2)n1. The summed E-state index contributed by atoms with van der Waals surface area (Å²) in [7, 11) is 1.64. The number of pyridine rings is 1. The number of tetrazole rings is 1. The van der Waals surface area contributed by atoms with Gasteiger partial charge in [0, 0.05) is 0 Å². The minimum absolute atomic E-state index is 0.159. The molecule has 0 aliphatic heterocycles. The number of hydrogen-bond donors (Lipinski definition) is 2. The first kappa shape index (κ1) is 21.9. The second kappa shape index (κ2) is 9.33. The number of amides is 2. The summed E-state index contributed by atoms with van der Waals surface area (Å²) >= 11 is 0. The average Bonchev–Trinajstić information content (AvgIpc) is 3.12. The number of benzene rings is 1. The molecule has 1 aromatic carbocycles. The van der Waals surface area contributed by atoms with Gasteiger partial charge in [0.05, 0.1) is 19.3 Å². The van der Waals surface area contributed by atoms with Crippen LogP contribution in [0.4, 0.5) is 10.6 Å². The van der Waals surface area contributed by atoms with Crippen molar-refractivity contribution in [3.8, 4) is 0 Å². The Kier molecular flexibility index (Phi) is 6.58. The lowest BCUT2D eigenvalue weighted by Crippen LogP contribution is -2.31. The van der Waals surface area contributed by atoms with Gasteiger partial charge in [-0.25, -0.2) is 9.78 Å². The zero-order chi connectivity index (χ0) is 22.4. The molecular weight excluding hydrogens is 398 g/mol. The molecule has 1 unspecified atom stereocenters. The molecule has 0 saturated carbocycles. The van der Waals surface area contributed by atoms with Crippen molar-refractivity contribution in [1.82, 2.24) is 30.5 Å². The van der Waals surface area contributed by atoms with Gasteiger partial charge in [-0.3, -0.25) is 10.1 Å². The van der Waals surface area contributed by atoms with Gasteiger partial charge in [0.2, 0.25) is 5.91 Å². The maximum absolute atomic E-state index is 13.0. The summed E-state index contributed by atoms with van der Waals surface area (Å²) in [6.07, 6.45) is -0.598. The minimum Gasteiger partial charge on any atom is -0.444 e. The number of anilines is 1. The summed E-state index contributed by atoms with van der Waals surface area (Å²) < 4.78 is 5.23. The predicted molar refractivity (Wildman–Crippen MR) is 113 cm³/mol. The van der Waals surface area contributed by atoms with Crippen molar-refractivity contribution in [3.63, 3.8) is 0 Å². The van der Waals surface area contributed by atoms with Gasteiger partial charge in [0.15, 0.2) is 5.82 Å². The highest BCUT2D eigenvalue weighted by Crippen LogP contribution is 2.21. The summed E-state index contributed by atoms with van der Waals surface area (Å²) in [5.74, 6) is -0.361. The predicted octanol–water partition coefficient (Wildman–Crippen LogP) is 2.40. The molecule has 10 heteroatoms. The van der Waals surface area contributed by atoms with E-state index in [1.807, 2.05) is 30.3 Å². The third-order valence-electron chi connectivity index (χ3n) is 4.06. The van der Waals surface area contributed by atoms with Crippen LogP contribution in [0, 0.1) is 0 Å². The number of aryl methyl sites for hydroxylation is 1. The number of rotatable bonds is 6. The summed E-state index contributed by atoms with van der Waals surface area (Å²) in [5, 5.41) is 17.5. The fourth-order valence-electron chi connectivity index (χ4n) is 2.81. The van der Waals surface area contributed by atoms with Crippen molar-refractivity contribution in [3.05, 3.63) is 65.6 Å². The van der Waals surface area contributed by atoms with Gasteiger partial charge >= 0.3 is 6.09 Å². The first-order valence-electron chi connectivity index (χ1n) is 9.74. The maximum atomic E-state index is 13.0. The Bertz CT molecular complexity index is 1040. The van der Waals surface area contributed by atoms with Crippen LogP contribution in [-0.2, 0) is 23.1 Å². The minimum atomic E-state index is -0.710. The standard InChI is InChI=1S/C21H25N7O3/c1-21(2,3)31-20(30)24-16-12-8-11-15(23-16)13-22-19(29)17(14-9-6-5-7-10-14)18-25-27-28(4)26-18/h5-12,17H,13H2,1-4H3,(H,22,29)(H,23,24,30). The number of aromatic nitrogens is 5. The van der Waals surface area contributed by atoms with Crippen molar-refractivity contribution < 1.29 is 14.3 Å². The summed E-state index contributed by atoms with van der Waals surface area (Å²) in [6.45, 7) is 5.50. The molecule has 0 bridgehead atoms. The summed E-state index contributed by atoms with van der Waals surface area (Å²) in [5.41, 5.74) is 0.707. The lowest BCUT2D eigenvalue weighted by Gasteiger charge is -2.19. The lowest BCUT2D eigenvalue weighted by atomic mass is 9.97.